The Bertz CT molecular complexity index is 612. The smallest absolute Gasteiger partial charge is 0.151 e. The highest BCUT2D eigenvalue weighted by molar-refractivity contribution is 5.37. The Hall–Kier alpha value is -1.98. The summed E-state index contributed by atoms with van der Waals surface area (Å²) in [4.78, 5) is 4.80. The van der Waals surface area contributed by atoms with Crippen LogP contribution >= 0.6 is 0 Å². The fourth-order valence-electron chi connectivity index (χ4n) is 2.93. The van der Waals surface area contributed by atoms with Crippen LogP contribution in [0.4, 0.5) is 5.82 Å². The van der Waals surface area contributed by atoms with Crippen LogP contribution in [0, 0.1) is 6.92 Å². The van der Waals surface area contributed by atoms with Gasteiger partial charge in [-0.2, -0.15) is 5.10 Å². The van der Waals surface area contributed by atoms with Gasteiger partial charge < -0.3 is 10.0 Å². The summed E-state index contributed by atoms with van der Waals surface area (Å²) < 4.78 is 0. The Kier molecular flexibility index (Phi) is 5.20. The van der Waals surface area contributed by atoms with Crippen LogP contribution in [-0.4, -0.2) is 46.4 Å². The molecule has 0 atom stereocenters. The average Bonchev–Trinajstić information content (AvgIpc) is 2.82. The van der Waals surface area contributed by atoms with Gasteiger partial charge in [0.2, 0.25) is 0 Å². The van der Waals surface area contributed by atoms with Crippen LogP contribution in [0.25, 0.3) is 0 Å². The zero-order valence-corrected chi connectivity index (χ0v) is 13.6. The van der Waals surface area contributed by atoms with E-state index in [4.69, 9.17) is 5.11 Å². The van der Waals surface area contributed by atoms with Crippen molar-refractivity contribution in [3.05, 3.63) is 53.2 Å². The number of aromatic nitrogens is 2. The zero-order chi connectivity index (χ0) is 16.1. The second kappa shape index (κ2) is 7.53. The first-order valence-electron chi connectivity index (χ1n) is 8.21. The van der Waals surface area contributed by atoms with Crippen molar-refractivity contribution < 1.29 is 5.11 Å². The fraction of sp³-hybridized carbons (Fsp3) is 0.444. The maximum absolute atomic E-state index is 9.11. The maximum Gasteiger partial charge on any atom is 0.151 e. The third-order valence-electron chi connectivity index (χ3n) is 4.31. The van der Waals surface area contributed by atoms with Crippen LogP contribution in [0.2, 0.25) is 0 Å². The molecule has 0 aliphatic carbocycles. The summed E-state index contributed by atoms with van der Waals surface area (Å²) in [5, 5.41) is 17.6. The largest absolute Gasteiger partial charge is 0.392 e. The Morgan fingerprint density at radius 3 is 2.39 bits per heavy atom. The predicted octanol–water partition coefficient (Wildman–Crippen LogP) is 1.99. The fourth-order valence-corrected chi connectivity index (χ4v) is 2.93. The van der Waals surface area contributed by atoms with Crippen molar-refractivity contribution in [1.82, 2.24) is 15.1 Å². The number of anilines is 1. The minimum atomic E-state index is 0.108. The quantitative estimate of drug-likeness (QED) is 0.936. The first kappa shape index (κ1) is 15.9. The highest BCUT2D eigenvalue weighted by atomic mass is 16.3. The molecular formula is C18H24N4O. The molecule has 0 spiro atoms. The molecule has 0 bridgehead atoms. The van der Waals surface area contributed by atoms with Gasteiger partial charge in [-0.3, -0.25) is 4.90 Å². The number of hydrogen-bond donors (Lipinski definition) is 1. The van der Waals surface area contributed by atoms with Crippen LogP contribution in [0.1, 0.15) is 23.2 Å². The van der Waals surface area contributed by atoms with Gasteiger partial charge in [-0.05, 0) is 36.6 Å². The van der Waals surface area contributed by atoms with Gasteiger partial charge in [-0.25, -0.2) is 0 Å². The standard InChI is InChI=1S/C18H24N4O/c1-15-3-8-18(20-19-15)22-10-2-9-21(11-12-22)13-16-4-6-17(14-23)7-5-16/h3-8,23H,2,9-14H2,1H3. The molecule has 1 aromatic carbocycles. The van der Waals surface area contributed by atoms with E-state index in [1.54, 1.807) is 0 Å². The number of aryl methyl sites for hydroxylation is 1. The van der Waals surface area contributed by atoms with Gasteiger partial charge in [-0.15, -0.1) is 5.10 Å². The molecule has 5 nitrogen and oxygen atoms in total. The second-order valence-corrected chi connectivity index (χ2v) is 6.12. The summed E-state index contributed by atoms with van der Waals surface area (Å²) in [5.41, 5.74) is 3.22. The summed E-state index contributed by atoms with van der Waals surface area (Å²) in [6.45, 7) is 7.15. The molecule has 0 unspecified atom stereocenters. The van der Waals surface area contributed by atoms with E-state index in [2.05, 4.69) is 38.2 Å². The van der Waals surface area contributed by atoms with Gasteiger partial charge in [0.1, 0.15) is 0 Å². The number of nitrogens with zero attached hydrogens (tertiary/aromatic N) is 4. The molecule has 0 amide bonds. The molecule has 3 rings (SSSR count). The Morgan fingerprint density at radius 1 is 0.913 bits per heavy atom. The monoisotopic (exact) mass is 312 g/mol. The average molecular weight is 312 g/mol. The lowest BCUT2D eigenvalue weighted by molar-refractivity contribution is 0.280. The van der Waals surface area contributed by atoms with Crippen molar-refractivity contribution in [3.8, 4) is 0 Å². The van der Waals surface area contributed by atoms with Gasteiger partial charge >= 0.3 is 0 Å². The number of rotatable bonds is 4. The summed E-state index contributed by atoms with van der Waals surface area (Å²) in [6, 6.07) is 12.3. The van der Waals surface area contributed by atoms with Crippen molar-refractivity contribution >= 4 is 5.82 Å². The van der Waals surface area contributed by atoms with E-state index in [1.807, 2.05) is 25.1 Å². The Morgan fingerprint density at radius 2 is 1.70 bits per heavy atom. The molecule has 1 fully saturated rings. The van der Waals surface area contributed by atoms with Crippen LogP contribution in [0.3, 0.4) is 0 Å². The van der Waals surface area contributed by atoms with Gasteiger partial charge in [0, 0.05) is 32.7 Å². The van der Waals surface area contributed by atoms with Crippen molar-refractivity contribution in [2.24, 2.45) is 0 Å². The van der Waals surface area contributed by atoms with E-state index in [-0.39, 0.29) is 6.61 Å². The molecule has 2 heterocycles. The minimum absolute atomic E-state index is 0.108. The topological polar surface area (TPSA) is 52.5 Å². The number of aliphatic hydroxyl groups excluding tert-OH is 1. The molecule has 122 valence electrons. The van der Waals surface area contributed by atoms with E-state index in [0.29, 0.717) is 0 Å². The predicted molar refractivity (Wildman–Crippen MR) is 91.2 cm³/mol. The summed E-state index contributed by atoms with van der Waals surface area (Å²) in [5.74, 6) is 0.977. The lowest BCUT2D eigenvalue weighted by Crippen LogP contribution is -2.31. The normalized spacial score (nSPS) is 16.3. The molecule has 0 radical (unpaired) electrons. The van der Waals surface area contributed by atoms with Crippen molar-refractivity contribution in [2.75, 3.05) is 31.1 Å². The molecule has 1 aliphatic rings. The summed E-state index contributed by atoms with van der Waals surface area (Å²) >= 11 is 0. The molecule has 1 N–H and O–H groups in total. The first-order chi connectivity index (χ1) is 11.2. The molecule has 5 heteroatoms. The van der Waals surface area contributed by atoms with Gasteiger partial charge in [0.25, 0.3) is 0 Å². The van der Waals surface area contributed by atoms with Gasteiger partial charge in [0.15, 0.2) is 5.82 Å². The third kappa shape index (κ3) is 4.27. The van der Waals surface area contributed by atoms with Crippen LogP contribution in [-0.2, 0) is 13.2 Å². The van der Waals surface area contributed by atoms with Crippen molar-refractivity contribution in [1.29, 1.82) is 0 Å². The van der Waals surface area contributed by atoms with Crippen LogP contribution in [0.5, 0.6) is 0 Å². The van der Waals surface area contributed by atoms with Crippen molar-refractivity contribution in [2.45, 2.75) is 26.5 Å². The van der Waals surface area contributed by atoms with E-state index >= 15 is 0 Å². The molecular weight excluding hydrogens is 288 g/mol. The Labute approximate surface area is 137 Å². The van der Waals surface area contributed by atoms with E-state index in [0.717, 1.165) is 56.2 Å². The number of benzene rings is 1. The van der Waals surface area contributed by atoms with Crippen LogP contribution in [0.15, 0.2) is 36.4 Å². The number of aliphatic hydroxyl groups is 1. The molecule has 0 saturated carbocycles. The van der Waals surface area contributed by atoms with E-state index in [1.165, 1.54) is 5.56 Å². The Balaban J connectivity index is 1.58. The molecule has 1 aromatic heterocycles. The third-order valence-corrected chi connectivity index (χ3v) is 4.31. The van der Waals surface area contributed by atoms with Gasteiger partial charge in [0.05, 0.1) is 12.3 Å². The minimum Gasteiger partial charge on any atom is -0.392 e. The van der Waals surface area contributed by atoms with Gasteiger partial charge in [-0.1, -0.05) is 24.3 Å². The SMILES string of the molecule is Cc1ccc(N2CCCN(Cc3ccc(CO)cc3)CC2)nn1. The highest BCUT2D eigenvalue weighted by Gasteiger charge is 2.16. The van der Waals surface area contributed by atoms with E-state index < -0.39 is 0 Å². The van der Waals surface area contributed by atoms with Crippen LogP contribution < -0.4 is 4.90 Å². The molecule has 23 heavy (non-hydrogen) atoms. The maximum atomic E-state index is 9.11. The first-order valence-corrected chi connectivity index (χ1v) is 8.21. The molecule has 1 saturated heterocycles. The molecule has 1 aliphatic heterocycles. The lowest BCUT2D eigenvalue weighted by Gasteiger charge is -2.22. The highest BCUT2D eigenvalue weighted by Crippen LogP contribution is 2.15. The second-order valence-electron chi connectivity index (χ2n) is 6.12. The zero-order valence-electron chi connectivity index (χ0n) is 13.6. The number of hydrogen-bond acceptors (Lipinski definition) is 5. The molecule has 2 aromatic rings. The summed E-state index contributed by atoms with van der Waals surface area (Å²) in [7, 11) is 0. The summed E-state index contributed by atoms with van der Waals surface area (Å²) in [6.07, 6.45) is 1.13. The lowest BCUT2D eigenvalue weighted by atomic mass is 10.1. The van der Waals surface area contributed by atoms with E-state index in [9.17, 15) is 0 Å². The van der Waals surface area contributed by atoms with Crippen molar-refractivity contribution in [3.63, 3.8) is 0 Å².